The summed E-state index contributed by atoms with van der Waals surface area (Å²) in [6.07, 6.45) is -2.39. The monoisotopic (exact) mass is 620 g/mol. The lowest BCUT2D eigenvalue weighted by atomic mass is 9.82. The van der Waals surface area contributed by atoms with Gasteiger partial charge in [0, 0.05) is 43.2 Å². The van der Waals surface area contributed by atoms with Crippen LogP contribution in [-0.4, -0.2) is 68.8 Å². The molecule has 2 saturated heterocycles. The number of nitrogens with zero attached hydrogens (tertiary/aromatic N) is 6. The average molecular weight is 622 g/mol. The van der Waals surface area contributed by atoms with E-state index in [1.165, 1.54) is 11.1 Å². The average Bonchev–Trinajstić information content (AvgIpc) is 3.65. The molecule has 2 fully saturated rings. The van der Waals surface area contributed by atoms with Crippen LogP contribution in [0.1, 0.15) is 41.3 Å². The van der Waals surface area contributed by atoms with E-state index in [1.54, 1.807) is 25.3 Å². The van der Waals surface area contributed by atoms with Gasteiger partial charge in [-0.1, -0.05) is 60.7 Å². The van der Waals surface area contributed by atoms with Gasteiger partial charge in [0.15, 0.2) is 0 Å². The van der Waals surface area contributed by atoms with E-state index in [4.69, 9.17) is 4.74 Å². The van der Waals surface area contributed by atoms with E-state index < -0.39 is 12.0 Å². The first-order chi connectivity index (χ1) is 19.4. The van der Waals surface area contributed by atoms with Gasteiger partial charge in [0.2, 0.25) is 0 Å². The van der Waals surface area contributed by atoms with Crippen molar-refractivity contribution in [3.8, 4) is 11.4 Å². The predicted molar refractivity (Wildman–Crippen MR) is 159 cm³/mol. The number of fused-ring (bicyclic) bond motifs is 1. The quantitative estimate of drug-likeness (QED) is 0.252. The highest BCUT2D eigenvalue weighted by Crippen LogP contribution is 2.38. The number of piperazine rings is 1. The number of benzene rings is 3. The normalized spacial score (nSPS) is 19.2. The van der Waals surface area contributed by atoms with Crippen LogP contribution in [0, 0.1) is 0 Å². The number of hydrogen-bond acceptors (Lipinski definition) is 6. The summed E-state index contributed by atoms with van der Waals surface area (Å²) in [6.45, 7) is 3.31. The van der Waals surface area contributed by atoms with Crippen molar-refractivity contribution in [2.75, 3.05) is 26.7 Å². The number of halogens is 5. The van der Waals surface area contributed by atoms with Crippen LogP contribution in [0.4, 0.5) is 13.2 Å². The highest BCUT2D eigenvalue weighted by atomic mass is 35.5. The van der Waals surface area contributed by atoms with E-state index in [1.807, 2.05) is 12.1 Å². The van der Waals surface area contributed by atoms with Crippen LogP contribution in [0.3, 0.4) is 0 Å². The van der Waals surface area contributed by atoms with Crippen LogP contribution >= 0.6 is 24.8 Å². The molecule has 0 unspecified atom stereocenters. The fourth-order valence-corrected chi connectivity index (χ4v) is 6.42. The Bertz CT molecular complexity index is 1400. The number of hydrogen-bond donors (Lipinski definition) is 0. The first kappa shape index (κ1) is 31.7. The largest absolute Gasteiger partial charge is 0.496 e. The molecule has 0 radical (unpaired) electrons. The lowest BCUT2D eigenvalue weighted by molar-refractivity contribution is -0.146. The second-order valence-corrected chi connectivity index (χ2v) is 10.5. The maximum atomic E-state index is 13.5. The summed E-state index contributed by atoms with van der Waals surface area (Å²) in [5.41, 5.74) is 3.61. The molecule has 3 heterocycles. The Morgan fingerprint density at radius 3 is 2.21 bits per heavy atom. The molecule has 2 aliphatic heterocycles. The van der Waals surface area contributed by atoms with Crippen molar-refractivity contribution in [1.29, 1.82) is 0 Å². The Hall–Kier alpha value is -3.18. The molecule has 0 amide bonds. The molecule has 0 bridgehead atoms. The van der Waals surface area contributed by atoms with Crippen molar-refractivity contribution in [2.45, 2.75) is 43.6 Å². The fourth-order valence-electron chi connectivity index (χ4n) is 6.42. The molecule has 3 aromatic carbocycles. The third-order valence-corrected chi connectivity index (χ3v) is 8.09. The summed E-state index contributed by atoms with van der Waals surface area (Å²) in [4.78, 5) is 5.09. The van der Waals surface area contributed by atoms with E-state index in [-0.39, 0.29) is 42.5 Å². The second kappa shape index (κ2) is 13.4. The number of aromatic nitrogens is 4. The van der Waals surface area contributed by atoms with E-state index in [9.17, 15) is 13.2 Å². The highest BCUT2D eigenvalue weighted by Gasteiger charge is 2.42. The molecule has 0 spiro atoms. The fraction of sp³-hybridized carbons (Fsp3) is 0.367. The molecule has 1 aromatic heterocycles. The number of alkyl halides is 3. The predicted octanol–water partition coefficient (Wildman–Crippen LogP) is 6.01. The van der Waals surface area contributed by atoms with Crippen LogP contribution in [0.25, 0.3) is 5.69 Å². The molecule has 224 valence electrons. The van der Waals surface area contributed by atoms with E-state index in [0.29, 0.717) is 18.3 Å². The zero-order chi connectivity index (χ0) is 27.7. The van der Waals surface area contributed by atoms with Crippen molar-refractivity contribution in [3.05, 3.63) is 101 Å². The first-order valence-corrected chi connectivity index (χ1v) is 13.5. The maximum absolute atomic E-state index is 13.5. The number of ether oxygens (including phenoxy) is 1. The molecule has 4 aromatic rings. The molecule has 0 saturated carbocycles. The minimum Gasteiger partial charge on any atom is -0.496 e. The molecule has 2 atom stereocenters. The Morgan fingerprint density at radius 1 is 0.929 bits per heavy atom. The zero-order valence-corrected chi connectivity index (χ0v) is 24.7. The second-order valence-electron chi connectivity index (χ2n) is 10.5. The van der Waals surface area contributed by atoms with Crippen LogP contribution < -0.4 is 4.74 Å². The van der Waals surface area contributed by atoms with E-state index in [2.05, 4.69) is 73.9 Å². The van der Waals surface area contributed by atoms with Gasteiger partial charge in [-0.3, -0.25) is 9.80 Å². The Balaban J connectivity index is 0.00000202. The molecular formula is C30H33Cl2F3N6O. The summed E-state index contributed by atoms with van der Waals surface area (Å²) in [5, 5.41) is 10.1. The van der Waals surface area contributed by atoms with Gasteiger partial charge in [-0.05, 0) is 59.1 Å². The third kappa shape index (κ3) is 6.41. The number of tetrazole rings is 1. The van der Waals surface area contributed by atoms with Crippen molar-refractivity contribution in [2.24, 2.45) is 0 Å². The van der Waals surface area contributed by atoms with Crippen LogP contribution in [-0.2, 0) is 12.7 Å². The van der Waals surface area contributed by atoms with E-state index >= 15 is 0 Å². The first-order valence-electron chi connectivity index (χ1n) is 13.5. The van der Waals surface area contributed by atoms with Gasteiger partial charge in [0.05, 0.1) is 12.8 Å². The van der Waals surface area contributed by atoms with Crippen LogP contribution in [0.15, 0.2) is 78.9 Å². The molecule has 6 rings (SSSR count). The minimum absolute atomic E-state index is 0. The van der Waals surface area contributed by atoms with Gasteiger partial charge in [0.25, 0.3) is 5.82 Å². The zero-order valence-electron chi connectivity index (χ0n) is 23.0. The molecule has 0 N–H and O–H groups in total. The van der Waals surface area contributed by atoms with Crippen LogP contribution in [0.2, 0.25) is 0 Å². The molecular weight excluding hydrogens is 588 g/mol. The molecule has 0 aliphatic carbocycles. The van der Waals surface area contributed by atoms with Crippen LogP contribution in [0.5, 0.6) is 5.75 Å². The highest BCUT2D eigenvalue weighted by molar-refractivity contribution is 5.85. The SMILES string of the molecule is COc1ccc(-n2nnnc2C(F)(F)F)cc1CN1C[C@@H]2CCCN2[C@H](C(c2ccccc2)c2ccccc2)C1.Cl.Cl. The van der Waals surface area contributed by atoms with Gasteiger partial charge in [-0.25, -0.2) is 0 Å². The summed E-state index contributed by atoms with van der Waals surface area (Å²) in [7, 11) is 1.58. The summed E-state index contributed by atoms with van der Waals surface area (Å²) in [6, 6.07) is 26.9. The summed E-state index contributed by atoms with van der Waals surface area (Å²) < 4.78 is 46.9. The lowest BCUT2D eigenvalue weighted by Gasteiger charge is -2.47. The maximum Gasteiger partial charge on any atom is 0.453 e. The van der Waals surface area contributed by atoms with Gasteiger partial charge in [-0.2, -0.15) is 17.9 Å². The Morgan fingerprint density at radius 2 is 1.60 bits per heavy atom. The summed E-state index contributed by atoms with van der Waals surface area (Å²) in [5.74, 6) is -0.343. The molecule has 12 heteroatoms. The smallest absolute Gasteiger partial charge is 0.453 e. The third-order valence-electron chi connectivity index (χ3n) is 8.09. The van der Waals surface area contributed by atoms with Crippen molar-refractivity contribution in [3.63, 3.8) is 0 Å². The summed E-state index contributed by atoms with van der Waals surface area (Å²) >= 11 is 0. The van der Waals surface area contributed by atoms with Crippen molar-refractivity contribution >= 4 is 24.8 Å². The van der Waals surface area contributed by atoms with Gasteiger partial charge in [0.1, 0.15) is 5.75 Å². The van der Waals surface area contributed by atoms with Crippen molar-refractivity contribution in [1.82, 2.24) is 30.0 Å². The van der Waals surface area contributed by atoms with Gasteiger partial charge >= 0.3 is 6.18 Å². The van der Waals surface area contributed by atoms with E-state index in [0.717, 1.165) is 42.7 Å². The number of methoxy groups -OCH3 is 1. The topological polar surface area (TPSA) is 59.3 Å². The van der Waals surface area contributed by atoms with Gasteiger partial charge in [-0.15, -0.1) is 29.9 Å². The molecule has 42 heavy (non-hydrogen) atoms. The Labute approximate surface area is 255 Å². The van der Waals surface area contributed by atoms with Gasteiger partial charge < -0.3 is 4.74 Å². The molecule has 2 aliphatic rings. The molecule has 7 nitrogen and oxygen atoms in total. The Kier molecular flexibility index (Phi) is 10.1. The minimum atomic E-state index is -4.67. The lowest BCUT2D eigenvalue weighted by Crippen LogP contribution is -2.57. The standard InChI is InChI=1S/C30H31F3N6O.2ClH/c1-40-27-15-14-24(39-29(30(31,32)33)34-35-36-39)17-23(27)18-37-19-25-13-8-16-38(25)26(20-37)28(21-9-4-2-5-10-21)22-11-6-3-7-12-22;;/h2-7,9-12,14-15,17,25-26,28H,8,13,16,18-20H2,1H3;2*1H/t25-,26-;;/m0../s1. The number of rotatable bonds is 7. The van der Waals surface area contributed by atoms with Crippen molar-refractivity contribution < 1.29 is 17.9 Å².